The zero-order valence-corrected chi connectivity index (χ0v) is 9.69. The average molecular weight is 247 g/mol. The fraction of sp³-hybridized carbons (Fsp3) is 0.833. The van der Waals surface area contributed by atoms with Gasteiger partial charge in [0.05, 0.1) is 0 Å². The summed E-state index contributed by atoms with van der Waals surface area (Å²) in [6, 6.07) is 0. The Balaban J connectivity index is 4.89. The van der Waals surface area contributed by atoms with Crippen LogP contribution in [-0.2, 0) is 9.36 Å². The van der Waals surface area contributed by atoms with E-state index in [2.05, 4.69) is 0 Å². The van der Waals surface area contributed by atoms with Crippen LogP contribution in [0, 0.1) is 0 Å². The van der Waals surface area contributed by atoms with Gasteiger partial charge in [0.2, 0.25) is 0 Å². The summed E-state index contributed by atoms with van der Waals surface area (Å²) in [5.74, 6) is -2.21. The topological polar surface area (TPSA) is 52.7 Å². The first-order valence-corrected chi connectivity index (χ1v) is 5.48. The molecule has 1 amide bonds. The van der Waals surface area contributed by atoms with Gasteiger partial charge in [-0.3, -0.25) is 14.4 Å². The minimum absolute atomic E-state index is 1.04. The standard InChI is InChI=1S/C6H13F3N3O2P/c1-11(2)15(14,12(3)4)10-5(13)6(7,8)9/h1-4H3,(H,10,13,14). The van der Waals surface area contributed by atoms with Crippen LogP contribution in [-0.4, -0.2) is 49.6 Å². The van der Waals surface area contributed by atoms with E-state index < -0.39 is 19.7 Å². The van der Waals surface area contributed by atoms with Crippen LogP contribution in [0.2, 0.25) is 0 Å². The molecule has 0 saturated heterocycles. The Morgan fingerprint density at radius 2 is 1.47 bits per heavy atom. The molecule has 0 aliphatic rings. The second kappa shape index (κ2) is 4.51. The molecule has 0 atom stereocenters. The van der Waals surface area contributed by atoms with Crippen LogP contribution in [0.3, 0.4) is 0 Å². The van der Waals surface area contributed by atoms with Crippen LogP contribution in [0.4, 0.5) is 13.2 Å². The van der Waals surface area contributed by atoms with Gasteiger partial charge in [0.25, 0.3) is 0 Å². The largest absolute Gasteiger partial charge is 0.471 e. The Morgan fingerprint density at radius 1 is 1.13 bits per heavy atom. The molecule has 9 heteroatoms. The number of rotatable bonds is 3. The zero-order valence-electron chi connectivity index (χ0n) is 8.79. The molecule has 0 unspecified atom stereocenters. The van der Waals surface area contributed by atoms with Gasteiger partial charge in [-0.25, -0.2) is 9.34 Å². The van der Waals surface area contributed by atoms with Crippen LogP contribution < -0.4 is 5.09 Å². The maximum absolute atomic E-state index is 11.9. The van der Waals surface area contributed by atoms with Gasteiger partial charge in [0.1, 0.15) is 0 Å². The Bertz CT molecular complexity index is 278. The van der Waals surface area contributed by atoms with E-state index in [1.165, 1.54) is 33.3 Å². The highest BCUT2D eigenvalue weighted by Gasteiger charge is 2.44. The molecule has 0 radical (unpaired) electrons. The number of amides is 1. The first-order chi connectivity index (χ1) is 6.51. The molecule has 0 aromatic rings. The number of halogens is 3. The molecule has 0 aliphatic carbocycles. The van der Waals surface area contributed by atoms with E-state index in [4.69, 9.17) is 0 Å². The predicted molar refractivity (Wildman–Crippen MR) is 49.2 cm³/mol. The van der Waals surface area contributed by atoms with E-state index in [0.717, 1.165) is 9.34 Å². The maximum atomic E-state index is 11.9. The molecule has 0 saturated carbocycles. The van der Waals surface area contributed by atoms with Crippen molar-refractivity contribution in [2.45, 2.75) is 6.18 Å². The van der Waals surface area contributed by atoms with Gasteiger partial charge in [-0.15, -0.1) is 0 Å². The molecule has 15 heavy (non-hydrogen) atoms. The summed E-state index contributed by atoms with van der Waals surface area (Å²) < 4.78 is 49.8. The molecule has 0 aliphatic heterocycles. The summed E-state index contributed by atoms with van der Waals surface area (Å²) in [5.41, 5.74) is 0. The molecular weight excluding hydrogens is 234 g/mol. The highest BCUT2D eigenvalue weighted by molar-refractivity contribution is 7.57. The third-order valence-electron chi connectivity index (χ3n) is 1.59. The van der Waals surface area contributed by atoms with Crippen molar-refractivity contribution in [2.75, 3.05) is 28.2 Å². The lowest BCUT2D eigenvalue weighted by molar-refractivity contribution is -0.171. The highest BCUT2D eigenvalue weighted by atomic mass is 31.2. The molecule has 0 bridgehead atoms. The van der Waals surface area contributed by atoms with E-state index in [1.54, 1.807) is 0 Å². The van der Waals surface area contributed by atoms with Gasteiger partial charge in [0, 0.05) is 0 Å². The molecule has 0 aromatic carbocycles. The van der Waals surface area contributed by atoms with Crippen LogP contribution in [0.1, 0.15) is 0 Å². The molecule has 0 fully saturated rings. The Labute approximate surface area is 85.7 Å². The average Bonchev–Trinajstić information content (AvgIpc) is 2.01. The smallest absolute Gasteiger partial charge is 0.275 e. The van der Waals surface area contributed by atoms with Crippen LogP contribution >= 0.6 is 7.59 Å². The van der Waals surface area contributed by atoms with Crippen molar-refractivity contribution >= 4 is 13.5 Å². The zero-order chi connectivity index (χ0) is 12.4. The van der Waals surface area contributed by atoms with Crippen LogP contribution in [0.25, 0.3) is 0 Å². The van der Waals surface area contributed by atoms with Gasteiger partial charge in [0.15, 0.2) is 0 Å². The van der Waals surface area contributed by atoms with Crippen molar-refractivity contribution in [3.05, 3.63) is 0 Å². The summed E-state index contributed by atoms with van der Waals surface area (Å²) in [7, 11) is 1.60. The lowest BCUT2D eigenvalue weighted by Crippen LogP contribution is -2.41. The first-order valence-electron chi connectivity index (χ1n) is 3.87. The molecule has 0 spiro atoms. The lowest BCUT2D eigenvalue weighted by Gasteiger charge is -2.30. The van der Waals surface area contributed by atoms with Gasteiger partial charge >= 0.3 is 19.7 Å². The second-order valence-electron chi connectivity index (χ2n) is 3.18. The lowest BCUT2D eigenvalue weighted by atomic mass is 10.6. The summed E-state index contributed by atoms with van der Waals surface area (Å²) in [6.45, 7) is 0. The predicted octanol–water partition coefficient (Wildman–Crippen LogP) is 0.896. The van der Waals surface area contributed by atoms with Crippen molar-refractivity contribution in [1.82, 2.24) is 14.4 Å². The molecular formula is C6H13F3N3O2P. The van der Waals surface area contributed by atoms with Gasteiger partial charge in [-0.1, -0.05) is 0 Å². The van der Waals surface area contributed by atoms with Crippen molar-refractivity contribution in [1.29, 1.82) is 0 Å². The number of alkyl halides is 3. The third kappa shape index (κ3) is 3.48. The summed E-state index contributed by atoms with van der Waals surface area (Å²) in [6.07, 6.45) is -5.04. The number of hydrogen-bond acceptors (Lipinski definition) is 2. The Morgan fingerprint density at radius 3 is 1.67 bits per heavy atom. The monoisotopic (exact) mass is 247 g/mol. The number of nitrogens with one attached hydrogen (secondary N) is 1. The first kappa shape index (κ1) is 14.4. The van der Waals surface area contributed by atoms with E-state index in [1.807, 2.05) is 0 Å². The summed E-state index contributed by atoms with van der Waals surface area (Å²) >= 11 is 0. The van der Waals surface area contributed by atoms with E-state index in [0.29, 0.717) is 0 Å². The summed E-state index contributed by atoms with van der Waals surface area (Å²) in [4.78, 5) is 10.6. The minimum Gasteiger partial charge on any atom is -0.275 e. The number of nitrogens with zero attached hydrogens (tertiary/aromatic N) is 2. The normalized spacial score (nSPS) is 13.4. The van der Waals surface area contributed by atoms with Crippen molar-refractivity contribution < 1.29 is 22.5 Å². The minimum atomic E-state index is -5.04. The number of carbonyl (C=O) groups is 1. The SMILES string of the molecule is CN(C)P(=O)(NC(=O)C(F)(F)F)N(C)C. The van der Waals surface area contributed by atoms with Crippen molar-refractivity contribution in [2.24, 2.45) is 0 Å². The second-order valence-corrected chi connectivity index (χ2v) is 6.09. The van der Waals surface area contributed by atoms with E-state index in [9.17, 15) is 22.5 Å². The van der Waals surface area contributed by atoms with Gasteiger partial charge < -0.3 is 0 Å². The molecule has 5 nitrogen and oxygen atoms in total. The number of carbonyl (C=O) groups excluding carboxylic acids is 1. The van der Waals surface area contributed by atoms with Crippen LogP contribution in [0.15, 0.2) is 0 Å². The van der Waals surface area contributed by atoms with E-state index >= 15 is 0 Å². The maximum Gasteiger partial charge on any atom is 0.471 e. The molecule has 90 valence electrons. The molecule has 0 rings (SSSR count). The van der Waals surface area contributed by atoms with E-state index in [-0.39, 0.29) is 0 Å². The summed E-state index contributed by atoms with van der Waals surface area (Å²) in [5, 5.41) is 1.48. The van der Waals surface area contributed by atoms with Gasteiger partial charge in [-0.05, 0) is 28.2 Å². The fourth-order valence-corrected chi connectivity index (χ4v) is 2.26. The third-order valence-corrected chi connectivity index (χ3v) is 4.25. The van der Waals surface area contributed by atoms with Gasteiger partial charge in [-0.2, -0.15) is 13.2 Å². The number of hydrogen-bond donors (Lipinski definition) is 1. The molecule has 0 heterocycles. The molecule has 1 N–H and O–H groups in total. The highest BCUT2D eigenvalue weighted by Crippen LogP contribution is 2.45. The van der Waals surface area contributed by atoms with Crippen molar-refractivity contribution in [3.8, 4) is 0 Å². The van der Waals surface area contributed by atoms with Crippen LogP contribution in [0.5, 0.6) is 0 Å². The molecule has 0 aromatic heterocycles. The fourth-order valence-electron chi connectivity index (χ4n) is 0.753. The quantitative estimate of drug-likeness (QED) is 0.753. The Kier molecular flexibility index (Phi) is 4.33. The van der Waals surface area contributed by atoms with Crippen molar-refractivity contribution in [3.63, 3.8) is 0 Å². The Hall–Kier alpha value is -0.590.